The molecule has 0 saturated carbocycles. The maximum atomic E-state index is 12.7. The number of nitrogens with one attached hydrogen (secondary N) is 1. The summed E-state index contributed by atoms with van der Waals surface area (Å²) in [5.74, 6) is -0.218. The van der Waals surface area contributed by atoms with E-state index < -0.39 is 6.04 Å². The summed E-state index contributed by atoms with van der Waals surface area (Å²) in [5.41, 5.74) is 7.94. The van der Waals surface area contributed by atoms with E-state index in [1.165, 1.54) is 0 Å². The summed E-state index contributed by atoms with van der Waals surface area (Å²) in [6.45, 7) is 2.80. The van der Waals surface area contributed by atoms with Crippen LogP contribution in [0.3, 0.4) is 0 Å². The Bertz CT molecular complexity index is 739. The van der Waals surface area contributed by atoms with Crippen molar-refractivity contribution in [2.24, 2.45) is 5.73 Å². The van der Waals surface area contributed by atoms with Crippen LogP contribution >= 0.6 is 12.4 Å². The molecule has 3 rings (SSSR count). The van der Waals surface area contributed by atoms with E-state index >= 15 is 0 Å². The average Bonchev–Trinajstić information content (AvgIpc) is 3.04. The Hall–Kier alpha value is -2.37. The molecule has 26 heavy (non-hydrogen) atoms. The first-order valence-electron chi connectivity index (χ1n) is 8.51. The van der Waals surface area contributed by atoms with Crippen LogP contribution in [0.5, 0.6) is 0 Å². The summed E-state index contributed by atoms with van der Waals surface area (Å²) >= 11 is 0. The van der Waals surface area contributed by atoms with Crippen molar-refractivity contribution in [2.45, 2.75) is 24.9 Å². The van der Waals surface area contributed by atoms with Gasteiger partial charge in [0.25, 0.3) is 5.91 Å². The van der Waals surface area contributed by atoms with Crippen molar-refractivity contribution >= 4 is 24.2 Å². The lowest BCUT2D eigenvalue weighted by molar-refractivity contribution is -0.131. The van der Waals surface area contributed by atoms with Gasteiger partial charge in [0.15, 0.2) is 0 Å². The van der Waals surface area contributed by atoms with Crippen LogP contribution in [0.25, 0.3) is 0 Å². The molecule has 1 aliphatic heterocycles. The SMILES string of the molecule is CC(NC(=O)c1ccccc1)C(=O)N1C[C@@H](N)[C@H](c2ccccc2)C1.Cl. The molecular formula is C20H24ClN3O2. The van der Waals surface area contributed by atoms with Crippen molar-refractivity contribution in [3.05, 3.63) is 71.8 Å². The van der Waals surface area contributed by atoms with Crippen LogP contribution in [0.4, 0.5) is 0 Å². The topological polar surface area (TPSA) is 75.4 Å². The molecule has 0 aliphatic carbocycles. The first-order valence-corrected chi connectivity index (χ1v) is 8.51. The molecule has 3 atom stereocenters. The van der Waals surface area contributed by atoms with Crippen LogP contribution < -0.4 is 11.1 Å². The van der Waals surface area contributed by atoms with E-state index in [1.54, 1.807) is 36.1 Å². The average molecular weight is 374 g/mol. The predicted molar refractivity (Wildman–Crippen MR) is 104 cm³/mol. The molecule has 1 aliphatic rings. The third kappa shape index (κ3) is 4.42. The van der Waals surface area contributed by atoms with Crippen molar-refractivity contribution in [1.82, 2.24) is 10.2 Å². The quantitative estimate of drug-likeness (QED) is 0.862. The van der Waals surface area contributed by atoms with Gasteiger partial charge in [-0.05, 0) is 24.6 Å². The minimum atomic E-state index is -0.588. The zero-order chi connectivity index (χ0) is 17.8. The second kappa shape index (κ2) is 8.83. The van der Waals surface area contributed by atoms with E-state index in [-0.39, 0.29) is 36.2 Å². The van der Waals surface area contributed by atoms with Crippen LogP contribution in [0.2, 0.25) is 0 Å². The summed E-state index contributed by atoms with van der Waals surface area (Å²) in [4.78, 5) is 26.7. The Morgan fingerprint density at radius 3 is 2.23 bits per heavy atom. The van der Waals surface area contributed by atoms with Crippen LogP contribution in [0.1, 0.15) is 28.8 Å². The van der Waals surface area contributed by atoms with Gasteiger partial charge in [-0.3, -0.25) is 9.59 Å². The monoisotopic (exact) mass is 373 g/mol. The summed E-state index contributed by atoms with van der Waals surface area (Å²) in [6.07, 6.45) is 0. The molecule has 0 bridgehead atoms. The molecule has 1 fully saturated rings. The van der Waals surface area contributed by atoms with Crippen molar-refractivity contribution in [2.75, 3.05) is 13.1 Å². The highest BCUT2D eigenvalue weighted by atomic mass is 35.5. The third-order valence-corrected chi connectivity index (χ3v) is 4.66. The minimum absolute atomic E-state index is 0. The standard InChI is InChI=1S/C20H23N3O2.ClH/c1-14(22-19(24)16-10-6-3-7-11-16)20(25)23-12-17(18(21)13-23)15-8-4-2-5-9-15;/h2-11,14,17-18H,12-13,21H2,1H3,(H,22,24);1H/t14?,17-,18+;/m0./s1. The maximum absolute atomic E-state index is 12.7. The Morgan fingerprint density at radius 1 is 1.04 bits per heavy atom. The molecular weight excluding hydrogens is 350 g/mol. The van der Waals surface area contributed by atoms with Gasteiger partial charge in [-0.15, -0.1) is 12.4 Å². The number of carbonyl (C=O) groups is 2. The number of hydrogen-bond donors (Lipinski definition) is 2. The highest BCUT2D eigenvalue weighted by Gasteiger charge is 2.35. The minimum Gasteiger partial charge on any atom is -0.341 e. The fourth-order valence-electron chi connectivity index (χ4n) is 3.27. The first-order chi connectivity index (χ1) is 12.1. The number of halogens is 1. The molecule has 0 radical (unpaired) electrons. The molecule has 2 aromatic rings. The van der Waals surface area contributed by atoms with Gasteiger partial charge in [0, 0.05) is 30.6 Å². The Labute approximate surface area is 160 Å². The molecule has 6 heteroatoms. The van der Waals surface area contributed by atoms with Gasteiger partial charge in [0.1, 0.15) is 6.04 Å². The number of carbonyl (C=O) groups excluding carboxylic acids is 2. The zero-order valence-corrected chi connectivity index (χ0v) is 15.5. The van der Waals surface area contributed by atoms with Crippen molar-refractivity contribution in [1.29, 1.82) is 0 Å². The highest BCUT2D eigenvalue weighted by molar-refractivity contribution is 5.97. The van der Waals surface area contributed by atoms with E-state index in [1.807, 2.05) is 36.4 Å². The fraction of sp³-hybridized carbons (Fsp3) is 0.300. The van der Waals surface area contributed by atoms with Gasteiger partial charge in [-0.25, -0.2) is 0 Å². The van der Waals surface area contributed by atoms with Gasteiger partial charge in [-0.1, -0.05) is 48.5 Å². The lowest BCUT2D eigenvalue weighted by atomic mass is 9.95. The van der Waals surface area contributed by atoms with Crippen molar-refractivity contribution in [3.8, 4) is 0 Å². The Kier molecular flexibility index (Phi) is 6.77. The van der Waals surface area contributed by atoms with E-state index in [0.29, 0.717) is 18.7 Å². The lowest BCUT2D eigenvalue weighted by Crippen LogP contribution is -2.46. The van der Waals surface area contributed by atoms with Crippen LogP contribution in [0, 0.1) is 0 Å². The fourth-order valence-corrected chi connectivity index (χ4v) is 3.27. The molecule has 5 nitrogen and oxygen atoms in total. The van der Waals surface area contributed by atoms with Crippen LogP contribution in [0.15, 0.2) is 60.7 Å². The Balaban J connectivity index is 0.00000243. The van der Waals surface area contributed by atoms with E-state index in [2.05, 4.69) is 5.32 Å². The summed E-state index contributed by atoms with van der Waals surface area (Å²) in [7, 11) is 0. The van der Waals surface area contributed by atoms with Gasteiger partial charge >= 0.3 is 0 Å². The molecule has 1 saturated heterocycles. The normalized spacial score (nSPS) is 20.2. The number of rotatable bonds is 4. The number of benzene rings is 2. The van der Waals surface area contributed by atoms with Gasteiger partial charge in [0.2, 0.25) is 5.91 Å². The smallest absolute Gasteiger partial charge is 0.251 e. The van der Waals surface area contributed by atoms with E-state index in [9.17, 15) is 9.59 Å². The van der Waals surface area contributed by atoms with Crippen LogP contribution in [-0.4, -0.2) is 41.9 Å². The predicted octanol–water partition coefficient (Wildman–Crippen LogP) is 2.18. The van der Waals surface area contributed by atoms with Gasteiger partial charge in [0.05, 0.1) is 0 Å². The molecule has 0 spiro atoms. The highest BCUT2D eigenvalue weighted by Crippen LogP contribution is 2.26. The Morgan fingerprint density at radius 2 is 1.62 bits per heavy atom. The summed E-state index contributed by atoms with van der Waals surface area (Å²) < 4.78 is 0. The number of hydrogen-bond acceptors (Lipinski definition) is 3. The van der Waals surface area contributed by atoms with Gasteiger partial charge in [-0.2, -0.15) is 0 Å². The molecule has 1 unspecified atom stereocenters. The summed E-state index contributed by atoms with van der Waals surface area (Å²) in [5, 5.41) is 2.77. The van der Waals surface area contributed by atoms with E-state index in [0.717, 1.165) is 5.56 Å². The molecule has 0 aromatic heterocycles. The summed E-state index contributed by atoms with van der Waals surface area (Å²) in [6, 6.07) is 18.2. The molecule has 138 valence electrons. The molecule has 2 aromatic carbocycles. The number of amides is 2. The van der Waals surface area contributed by atoms with E-state index in [4.69, 9.17) is 5.73 Å². The maximum Gasteiger partial charge on any atom is 0.251 e. The van der Waals surface area contributed by atoms with Gasteiger partial charge < -0.3 is 16.0 Å². The van der Waals surface area contributed by atoms with Crippen LogP contribution in [-0.2, 0) is 4.79 Å². The largest absolute Gasteiger partial charge is 0.341 e. The molecule has 2 amide bonds. The first kappa shape index (κ1) is 19.9. The van der Waals surface area contributed by atoms with Crippen molar-refractivity contribution < 1.29 is 9.59 Å². The third-order valence-electron chi connectivity index (χ3n) is 4.66. The number of nitrogens with zero attached hydrogens (tertiary/aromatic N) is 1. The van der Waals surface area contributed by atoms with Crippen molar-refractivity contribution in [3.63, 3.8) is 0 Å². The second-order valence-corrected chi connectivity index (χ2v) is 6.49. The second-order valence-electron chi connectivity index (χ2n) is 6.49. The zero-order valence-electron chi connectivity index (χ0n) is 14.7. The number of likely N-dealkylation sites (tertiary alicyclic amines) is 1. The molecule has 1 heterocycles. The number of nitrogens with two attached hydrogens (primary N) is 1. The molecule has 3 N–H and O–H groups in total. The lowest BCUT2D eigenvalue weighted by Gasteiger charge is -2.21.